The van der Waals surface area contributed by atoms with Crippen LogP contribution in [0.5, 0.6) is 0 Å². The maximum Gasteiger partial charge on any atom is 0.246 e. The fourth-order valence-electron chi connectivity index (χ4n) is 3.99. The second-order valence-electron chi connectivity index (χ2n) is 7.08. The van der Waals surface area contributed by atoms with Crippen LogP contribution >= 0.6 is 11.3 Å². The Hall–Kier alpha value is -1.73. The largest absolute Gasteiger partial charge is 0.367 e. The van der Waals surface area contributed by atoms with Crippen LogP contribution in [0.3, 0.4) is 0 Å². The van der Waals surface area contributed by atoms with Crippen LogP contribution in [0.2, 0.25) is 0 Å². The topological polar surface area (TPSA) is 90.1 Å². The van der Waals surface area contributed by atoms with Crippen LogP contribution in [0, 0.1) is 5.92 Å². The molecule has 7 heteroatoms. The summed E-state index contributed by atoms with van der Waals surface area (Å²) in [5.74, 6) is 1.35. The van der Waals surface area contributed by atoms with E-state index in [-0.39, 0.29) is 0 Å². The van der Waals surface area contributed by atoms with Crippen LogP contribution in [-0.4, -0.2) is 28.0 Å². The predicted molar refractivity (Wildman–Crippen MR) is 98.6 cm³/mol. The van der Waals surface area contributed by atoms with Crippen LogP contribution in [-0.2, 0) is 22.6 Å². The maximum absolute atomic E-state index is 11.5. The van der Waals surface area contributed by atoms with E-state index in [0.717, 1.165) is 32.4 Å². The van der Waals surface area contributed by atoms with Gasteiger partial charge >= 0.3 is 0 Å². The predicted octanol–water partition coefficient (Wildman–Crippen LogP) is 3.00. The van der Waals surface area contributed by atoms with Gasteiger partial charge in [0.05, 0.1) is 12.0 Å². The number of carbonyl (C=O) groups excluding carboxylic acids is 1. The molecule has 1 aliphatic heterocycles. The van der Waals surface area contributed by atoms with Gasteiger partial charge in [-0.2, -0.15) is 0 Å². The van der Waals surface area contributed by atoms with Gasteiger partial charge < -0.3 is 15.8 Å². The number of nitrogens with two attached hydrogens (primary N) is 1. The van der Waals surface area contributed by atoms with Crippen LogP contribution in [0.25, 0.3) is 10.2 Å². The molecule has 1 aliphatic carbocycles. The first-order chi connectivity index (χ1) is 12.2. The smallest absolute Gasteiger partial charge is 0.246 e. The third-order valence-electron chi connectivity index (χ3n) is 5.56. The molecule has 25 heavy (non-hydrogen) atoms. The molecule has 1 saturated carbocycles. The van der Waals surface area contributed by atoms with E-state index in [4.69, 9.17) is 10.5 Å². The molecule has 3 heterocycles. The lowest BCUT2D eigenvalue weighted by atomic mass is 9.84. The average molecular weight is 360 g/mol. The fraction of sp³-hybridized carbons (Fsp3) is 0.611. The number of amides is 1. The first-order valence-corrected chi connectivity index (χ1v) is 9.90. The molecular weight excluding hydrogens is 336 g/mol. The molecule has 0 aromatic carbocycles. The van der Waals surface area contributed by atoms with E-state index in [0.29, 0.717) is 19.1 Å². The number of aromatic nitrogens is 2. The minimum absolute atomic E-state index is 0.408. The van der Waals surface area contributed by atoms with Gasteiger partial charge in [-0.15, -0.1) is 11.3 Å². The van der Waals surface area contributed by atoms with Crippen molar-refractivity contribution in [1.29, 1.82) is 0 Å². The average Bonchev–Trinajstić information content (AvgIpc) is 3.01. The highest BCUT2D eigenvalue weighted by Crippen LogP contribution is 2.39. The monoisotopic (exact) mass is 360 g/mol. The van der Waals surface area contributed by atoms with E-state index in [2.05, 4.69) is 22.2 Å². The molecule has 6 nitrogen and oxygen atoms in total. The summed E-state index contributed by atoms with van der Waals surface area (Å²) in [4.78, 5) is 22.6. The van der Waals surface area contributed by atoms with Crippen molar-refractivity contribution < 1.29 is 9.53 Å². The van der Waals surface area contributed by atoms with Crippen molar-refractivity contribution in [3.8, 4) is 0 Å². The second kappa shape index (κ2) is 6.88. The van der Waals surface area contributed by atoms with E-state index in [9.17, 15) is 4.79 Å². The van der Waals surface area contributed by atoms with E-state index in [1.165, 1.54) is 32.1 Å². The Bertz CT molecular complexity index is 783. The lowest BCUT2D eigenvalue weighted by Crippen LogP contribution is -2.35. The lowest BCUT2D eigenvalue weighted by Gasteiger charge is -2.29. The summed E-state index contributed by atoms with van der Waals surface area (Å²) in [5.41, 5.74) is 6.57. The first-order valence-electron chi connectivity index (χ1n) is 9.08. The summed E-state index contributed by atoms with van der Waals surface area (Å²) in [6, 6.07) is 0.461. The van der Waals surface area contributed by atoms with Gasteiger partial charge in [0.25, 0.3) is 0 Å². The Morgan fingerprint density at radius 1 is 1.36 bits per heavy atom. The van der Waals surface area contributed by atoms with Gasteiger partial charge in [0, 0.05) is 17.3 Å². The van der Waals surface area contributed by atoms with Crippen molar-refractivity contribution in [3.63, 3.8) is 0 Å². The number of ether oxygens (including phenoxy) is 1. The molecule has 2 aromatic rings. The normalized spacial score (nSPS) is 26.4. The van der Waals surface area contributed by atoms with Gasteiger partial charge in [-0.05, 0) is 37.2 Å². The van der Waals surface area contributed by atoms with Crippen LogP contribution in [0.4, 0.5) is 5.82 Å². The second-order valence-corrected chi connectivity index (χ2v) is 8.17. The molecule has 0 spiro atoms. The van der Waals surface area contributed by atoms with Crippen molar-refractivity contribution in [2.45, 2.75) is 64.2 Å². The van der Waals surface area contributed by atoms with Gasteiger partial charge in [0.1, 0.15) is 23.1 Å². The Labute approximate surface area is 151 Å². The molecule has 0 radical (unpaired) electrons. The number of primary amides is 1. The van der Waals surface area contributed by atoms with Crippen molar-refractivity contribution in [2.24, 2.45) is 11.7 Å². The molecule has 1 fully saturated rings. The van der Waals surface area contributed by atoms with Gasteiger partial charge in [0.2, 0.25) is 5.91 Å². The van der Waals surface area contributed by atoms with Gasteiger partial charge in [-0.1, -0.05) is 13.3 Å². The molecular formula is C18H24N4O2S. The third kappa shape index (κ3) is 3.22. The molecule has 134 valence electrons. The number of fused-ring (bicyclic) bond motifs is 3. The number of thiophene rings is 1. The summed E-state index contributed by atoms with van der Waals surface area (Å²) in [6.45, 7) is 2.70. The molecule has 3 N–H and O–H groups in total. The number of hydrogen-bond donors (Lipinski definition) is 2. The first kappa shape index (κ1) is 16.7. The number of anilines is 1. The summed E-state index contributed by atoms with van der Waals surface area (Å²) >= 11 is 1.63. The summed E-state index contributed by atoms with van der Waals surface area (Å²) < 4.78 is 5.58. The number of rotatable bonds is 4. The van der Waals surface area contributed by atoms with Crippen molar-refractivity contribution >= 4 is 33.3 Å². The van der Waals surface area contributed by atoms with Gasteiger partial charge in [-0.3, -0.25) is 4.79 Å². The van der Waals surface area contributed by atoms with E-state index in [1.807, 2.05) is 0 Å². The standard InChI is InChI=1S/C18H24N4O2S/c1-2-10-3-5-11(6-4-10)22-17-15-12-7-13(16(19)23)24-8-14(12)25-18(15)21-9-20-17/h9-11,13H,2-8H2,1H3,(H2,19,23)(H,20,21,22)/t10?,11?,13-/m1/s1. The zero-order valence-electron chi connectivity index (χ0n) is 14.5. The number of nitrogens with one attached hydrogen (secondary N) is 1. The van der Waals surface area contributed by atoms with Crippen molar-refractivity contribution in [2.75, 3.05) is 5.32 Å². The van der Waals surface area contributed by atoms with E-state index >= 15 is 0 Å². The minimum Gasteiger partial charge on any atom is -0.367 e. The number of carbonyl (C=O) groups is 1. The molecule has 0 bridgehead atoms. The van der Waals surface area contributed by atoms with E-state index in [1.54, 1.807) is 17.7 Å². The lowest BCUT2D eigenvalue weighted by molar-refractivity contribution is -0.130. The number of hydrogen-bond acceptors (Lipinski definition) is 6. The highest BCUT2D eigenvalue weighted by atomic mass is 32.1. The SMILES string of the molecule is CCC1CCC(Nc2ncnc3sc4c(c23)C[C@H](C(N)=O)OC4)CC1. The number of nitrogens with zero attached hydrogens (tertiary/aromatic N) is 2. The molecule has 0 unspecified atom stereocenters. The molecule has 1 atom stereocenters. The zero-order valence-corrected chi connectivity index (χ0v) is 15.3. The highest BCUT2D eigenvalue weighted by molar-refractivity contribution is 7.18. The maximum atomic E-state index is 11.5. The highest BCUT2D eigenvalue weighted by Gasteiger charge is 2.29. The van der Waals surface area contributed by atoms with Crippen LogP contribution in [0.1, 0.15) is 49.5 Å². The van der Waals surface area contributed by atoms with Crippen molar-refractivity contribution in [1.82, 2.24) is 9.97 Å². The summed E-state index contributed by atoms with van der Waals surface area (Å²) in [6.07, 6.45) is 7.78. The van der Waals surface area contributed by atoms with Gasteiger partial charge in [-0.25, -0.2) is 9.97 Å². The Balaban J connectivity index is 1.62. The quantitative estimate of drug-likeness (QED) is 0.875. The summed E-state index contributed by atoms with van der Waals surface area (Å²) in [7, 11) is 0. The Kier molecular flexibility index (Phi) is 4.60. The molecule has 2 aliphatic rings. The third-order valence-corrected chi connectivity index (χ3v) is 6.67. The van der Waals surface area contributed by atoms with Crippen LogP contribution < -0.4 is 11.1 Å². The summed E-state index contributed by atoms with van der Waals surface area (Å²) in [5, 5.41) is 4.70. The minimum atomic E-state index is -0.557. The van der Waals surface area contributed by atoms with Gasteiger partial charge in [0.15, 0.2) is 0 Å². The molecule has 4 rings (SSSR count). The Morgan fingerprint density at radius 2 is 2.16 bits per heavy atom. The fourth-order valence-corrected chi connectivity index (χ4v) is 5.08. The van der Waals surface area contributed by atoms with Crippen LogP contribution in [0.15, 0.2) is 6.33 Å². The zero-order chi connectivity index (χ0) is 17.4. The van der Waals surface area contributed by atoms with E-state index < -0.39 is 12.0 Å². The molecule has 2 aromatic heterocycles. The molecule has 0 saturated heterocycles. The van der Waals surface area contributed by atoms with Crippen molar-refractivity contribution in [3.05, 3.63) is 16.8 Å². The Morgan fingerprint density at radius 3 is 2.88 bits per heavy atom. The molecule has 1 amide bonds.